The van der Waals surface area contributed by atoms with Gasteiger partial charge < -0.3 is 5.11 Å². The molecule has 15 heavy (non-hydrogen) atoms. The van der Waals surface area contributed by atoms with Crippen molar-refractivity contribution in [2.75, 3.05) is 0 Å². The van der Waals surface area contributed by atoms with Crippen LogP contribution >= 0.6 is 11.3 Å². The van der Waals surface area contributed by atoms with Crippen molar-refractivity contribution in [2.45, 2.75) is 52.1 Å². The number of aliphatic hydroxyl groups is 1. The molecule has 1 N–H and O–H groups in total. The minimum absolute atomic E-state index is 0.262. The molecule has 84 valence electrons. The van der Waals surface area contributed by atoms with Gasteiger partial charge in [-0.05, 0) is 43.2 Å². The Bertz CT molecular complexity index is 304. The van der Waals surface area contributed by atoms with Crippen molar-refractivity contribution in [3.05, 3.63) is 21.4 Å². The van der Waals surface area contributed by atoms with Gasteiger partial charge in [-0.3, -0.25) is 0 Å². The van der Waals surface area contributed by atoms with Gasteiger partial charge in [0.25, 0.3) is 0 Å². The van der Waals surface area contributed by atoms with Crippen LogP contribution in [0.5, 0.6) is 0 Å². The van der Waals surface area contributed by atoms with E-state index in [4.69, 9.17) is 0 Å². The van der Waals surface area contributed by atoms with E-state index < -0.39 is 0 Å². The Hall–Kier alpha value is -0.340. The maximum Gasteiger partial charge on any atom is 0.0904 e. The number of aliphatic hydroxyl groups excluding tert-OH is 1. The third kappa shape index (κ3) is 2.43. The highest BCUT2D eigenvalue weighted by Gasteiger charge is 2.18. The molecule has 0 aliphatic heterocycles. The van der Waals surface area contributed by atoms with E-state index >= 15 is 0 Å². The summed E-state index contributed by atoms with van der Waals surface area (Å²) in [4.78, 5) is 2.71. The summed E-state index contributed by atoms with van der Waals surface area (Å²) in [5.74, 6) is 0.326. The standard InChI is InChI=1S/C13H20OS/c1-9(2)13(14)12-8-10-6-4-3-5-7-11(10)15-12/h8-9,13-14H,3-7H2,1-2H3. The van der Waals surface area contributed by atoms with E-state index in [-0.39, 0.29) is 6.10 Å². The summed E-state index contributed by atoms with van der Waals surface area (Å²) >= 11 is 1.84. The van der Waals surface area contributed by atoms with Crippen molar-refractivity contribution in [3.8, 4) is 0 Å². The number of thiophene rings is 1. The molecular weight excluding hydrogens is 204 g/mol. The Balaban J connectivity index is 2.21. The molecule has 0 spiro atoms. The molecule has 1 aliphatic carbocycles. The molecule has 1 unspecified atom stereocenters. The first-order valence-electron chi connectivity index (χ1n) is 5.98. The topological polar surface area (TPSA) is 20.2 Å². The highest BCUT2D eigenvalue weighted by atomic mass is 32.1. The third-order valence-corrected chi connectivity index (χ3v) is 4.50. The lowest BCUT2D eigenvalue weighted by Crippen LogP contribution is -2.02. The summed E-state index contributed by atoms with van der Waals surface area (Å²) in [6.07, 6.45) is 6.19. The predicted octanol–water partition coefficient (Wildman–Crippen LogP) is 3.71. The fraction of sp³-hybridized carbons (Fsp3) is 0.692. The summed E-state index contributed by atoms with van der Waals surface area (Å²) in [7, 11) is 0. The van der Waals surface area contributed by atoms with E-state index in [0.717, 1.165) is 0 Å². The van der Waals surface area contributed by atoms with Gasteiger partial charge >= 0.3 is 0 Å². The number of hydrogen-bond acceptors (Lipinski definition) is 2. The maximum absolute atomic E-state index is 10.0. The van der Waals surface area contributed by atoms with Crippen molar-refractivity contribution in [1.82, 2.24) is 0 Å². The Kier molecular flexibility index (Phi) is 3.47. The van der Waals surface area contributed by atoms with Gasteiger partial charge in [-0.2, -0.15) is 0 Å². The largest absolute Gasteiger partial charge is 0.387 e. The molecule has 1 aromatic rings. The van der Waals surface area contributed by atoms with Crippen LogP contribution in [0.15, 0.2) is 6.07 Å². The first-order valence-corrected chi connectivity index (χ1v) is 6.79. The number of fused-ring (bicyclic) bond motifs is 1. The lowest BCUT2D eigenvalue weighted by Gasteiger charge is -2.11. The summed E-state index contributed by atoms with van der Waals surface area (Å²) < 4.78 is 0. The van der Waals surface area contributed by atoms with Gasteiger partial charge in [-0.15, -0.1) is 11.3 Å². The van der Waals surface area contributed by atoms with Crippen LogP contribution in [0, 0.1) is 5.92 Å². The van der Waals surface area contributed by atoms with Crippen molar-refractivity contribution in [3.63, 3.8) is 0 Å². The third-order valence-electron chi connectivity index (χ3n) is 3.19. The van der Waals surface area contributed by atoms with Gasteiger partial charge in [-0.25, -0.2) is 0 Å². The summed E-state index contributed by atoms with van der Waals surface area (Å²) in [6, 6.07) is 2.25. The summed E-state index contributed by atoms with van der Waals surface area (Å²) in [5, 5.41) is 10.0. The lowest BCUT2D eigenvalue weighted by molar-refractivity contribution is 0.130. The van der Waals surface area contributed by atoms with Crippen LogP contribution in [0.2, 0.25) is 0 Å². The van der Waals surface area contributed by atoms with E-state index in [1.165, 1.54) is 47.4 Å². The molecule has 0 amide bonds. The normalized spacial score (nSPS) is 18.7. The van der Waals surface area contributed by atoms with E-state index in [9.17, 15) is 5.11 Å². The number of rotatable bonds is 2. The Labute approximate surface area is 96.1 Å². The first kappa shape index (κ1) is 11.2. The minimum atomic E-state index is -0.262. The van der Waals surface area contributed by atoms with Crippen molar-refractivity contribution in [2.24, 2.45) is 5.92 Å². The van der Waals surface area contributed by atoms with Crippen LogP contribution in [-0.4, -0.2) is 5.11 Å². The molecule has 2 rings (SSSR count). The molecule has 0 fully saturated rings. The summed E-state index contributed by atoms with van der Waals surface area (Å²) in [5.41, 5.74) is 1.51. The van der Waals surface area contributed by atoms with Crippen molar-refractivity contribution in [1.29, 1.82) is 0 Å². The van der Waals surface area contributed by atoms with Crippen LogP contribution < -0.4 is 0 Å². The van der Waals surface area contributed by atoms with Gasteiger partial charge in [0.05, 0.1) is 6.10 Å². The van der Waals surface area contributed by atoms with Gasteiger partial charge in [0.1, 0.15) is 0 Å². The lowest BCUT2D eigenvalue weighted by atomic mass is 10.0. The second-order valence-electron chi connectivity index (χ2n) is 4.85. The van der Waals surface area contributed by atoms with Gasteiger partial charge in [-0.1, -0.05) is 20.3 Å². The van der Waals surface area contributed by atoms with E-state index in [2.05, 4.69) is 19.9 Å². The second-order valence-corrected chi connectivity index (χ2v) is 6.02. The monoisotopic (exact) mass is 224 g/mol. The molecular formula is C13H20OS. The Morgan fingerprint density at radius 3 is 2.67 bits per heavy atom. The Morgan fingerprint density at radius 1 is 1.20 bits per heavy atom. The molecule has 1 aromatic heterocycles. The number of aryl methyl sites for hydroxylation is 2. The molecule has 0 aromatic carbocycles. The fourth-order valence-corrected chi connectivity index (χ4v) is 3.58. The highest BCUT2D eigenvalue weighted by molar-refractivity contribution is 7.12. The molecule has 1 nitrogen and oxygen atoms in total. The zero-order valence-corrected chi connectivity index (χ0v) is 10.4. The molecule has 1 atom stereocenters. The van der Waals surface area contributed by atoms with Crippen molar-refractivity contribution >= 4 is 11.3 Å². The zero-order valence-electron chi connectivity index (χ0n) is 9.62. The molecule has 0 saturated carbocycles. The SMILES string of the molecule is CC(C)C(O)c1cc2c(s1)CCCCC2. The summed E-state index contributed by atoms with van der Waals surface area (Å²) in [6.45, 7) is 4.16. The van der Waals surface area contributed by atoms with Gasteiger partial charge in [0.2, 0.25) is 0 Å². The first-order chi connectivity index (χ1) is 7.18. The van der Waals surface area contributed by atoms with Crippen LogP contribution in [0.4, 0.5) is 0 Å². The quantitative estimate of drug-likeness (QED) is 0.759. The van der Waals surface area contributed by atoms with Gasteiger partial charge in [0.15, 0.2) is 0 Å². The van der Waals surface area contributed by atoms with Gasteiger partial charge in [0, 0.05) is 9.75 Å². The van der Waals surface area contributed by atoms with Crippen LogP contribution in [0.25, 0.3) is 0 Å². The second kappa shape index (κ2) is 4.67. The van der Waals surface area contributed by atoms with E-state index in [1.807, 2.05) is 11.3 Å². The smallest absolute Gasteiger partial charge is 0.0904 e. The average molecular weight is 224 g/mol. The molecule has 0 bridgehead atoms. The molecule has 1 aliphatic rings. The maximum atomic E-state index is 10.0. The van der Waals surface area contributed by atoms with Crippen LogP contribution in [0.1, 0.15) is 54.5 Å². The Morgan fingerprint density at radius 2 is 1.93 bits per heavy atom. The minimum Gasteiger partial charge on any atom is -0.387 e. The number of hydrogen-bond donors (Lipinski definition) is 1. The van der Waals surface area contributed by atoms with Crippen LogP contribution in [0.3, 0.4) is 0 Å². The van der Waals surface area contributed by atoms with Crippen molar-refractivity contribution < 1.29 is 5.11 Å². The van der Waals surface area contributed by atoms with E-state index in [1.54, 1.807) is 0 Å². The van der Waals surface area contributed by atoms with Crippen LogP contribution in [-0.2, 0) is 12.8 Å². The van der Waals surface area contributed by atoms with E-state index in [0.29, 0.717) is 5.92 Å². The average Bonchev–Trinajstić information content (AvgIpc) is 2.49. The molecule has 2 heteroatoms. The zero-order chi connectivity index (χ0) is 10.8. The molecule has 0 saturated heterocycles. The predicted molar refractivity (Wildman–Crippen MR) is 65.4 cm³/mol. The molecule has 0 radical (unpaired) electrons. The highest BCUT2D eigenvalue weighted by Crippen LogP contribution is 2.34. The molecule has 1 heterocycles. The fourth-order valence-electron chi connectivity index (χ4n) is 2.16.